The van der Waals surface area contributed by atoms with Gasteiger partial charge in [0.2, 0.25) is 0 Å². The minimum atomic E-state index is -0.604. The maximum atomic E-state index is 12.7. The molecule has 3 rings (SSSR count). The molecule has 27 heavy (non-hydrogen) atoms. The number of hydrogen-bond acceptors (Lipinski definition) is 4. The molecule has 0 saturated carbocycles. The Hall–Kier alpha value is -2.69. The molecule has 0 fully saturated rings. The van der Waals surface area contributed by atoms with Crippen molar-refractivity contribution in [1.29, 1.82) is 0 Å². The molecule has 0 radical (unpaired) electrons. The summed E-state index contributed by atoms with van der Waals surface area (Å²) < 4.78 is 17.2. The summed E-state index contributed by atoms with van der Waals surface area (Å²) in [6, 6.07) is 13.2. The van der Waals surface area contributed by atoms with Crippen LogP contribution in [-0.2, 0) is 4.79 Å². The van der Waals surface area contributed by atoms with Crippen LogP contribution in [0.3, 0.4) is 0 Å². The molecule has 0 saturated heterocycles. The van der Waals surface area contributed by atoms with E-state index in [1.807, 2.05) is 63.2 Å². The first-order valence-corrected chi connectivity index (χ1v) is 9.18. The van der Waals surface area contributed by atoms with Crippen LogP contribution >= 0.6 is 0 Å². The van der Waals surface area contributed by atoms with E-state index in [-0.39, 0.29) is 17.6 Å². The van der Waals surface area contributed by atoms with E-state index in [4.69, 9.17) is 14.2 Å². The first-order chi connectivity index (χ1) is 12.8. The largest absolute Gasteiger partial charge is 0.497 e. The van der Waals surface area contributed by atoms with E-state index < -0.39 is 6.10 Å². The number of carbonyl (C=O) groups is 1. The number of ether oxygens (including phenoxy) is 3. The summed E-state index contributed by atoms with van der Waals surface area (Å²) >= 11 is 0. The fraction of sp³-hybridized carbons (Fsp3) is 0.409. The maximum Gasteiger partial charge on any atom is 0.261 e. The number of methoxy groups -OCH3 is 1. The zero-order chi connectivity index (χ0) is 19.6. The van der Waals surface area contributed by atoms with Crippen molar-refractivity contribution in [2.24, 2.45) is 0 Å². The first-order valence-electron chi connectivity index (χ1n) is 9.18. The fourth-order valence-electron chi connectivity index (χ4n) is 3.25. The molecule has 2 aromatic carbocycles. The standard InChI is InChI=1S/C22H27NO4/c1-14-6-8-16(9-7-14)26-15(2)21(24)23-19-13-22(3,4)27-20-11-10-17(25-5)12-18(19)20/h6-12,15,19H,13H2,1-5H3,(H,23,24)/t15-,19+/m0/s1. The molecule has 1 amide bonds. The lowest BCUT2D eigenvalue weighted by atomic mass is 9.89. The van der Waals surface area contributed by atoms with Crippen LogP contribution in [0.5, 0.6) is 17.2 Å². The van der Waals surface area contributed by atoms with E-state index >= 15 is 0 Å². The summed E-state index contributed by atoms with van der Waals surface area (Å²) in [6.07, 6.45) is 0.0589. The van der Waals surface area contributed by atoms with E-state index in [0.717, 1.165) is 22.6 Å². The monoisotopic (exact) mass is 369 g/mol. The van der Waals surface area contributed by atoms with Gasteiger partial charge in [-0.25, -0.2) is 0 Å². The average Bonchev–Trinajstić information content (AvgIpc) is 2.62. The molecule has 2 aromatic rings. The average molecular weight is 369 g/mol. The van der Waals surface area contributed by atoms with Gasteiger partial charge in [-0.3, -0.25) is 4.79 Å². The number of benzene rings is 2. The molecule has 0 unspecified atom stereocenters. The van der Waals surface area contributed by atoms with E-state index in [2.05, 4.69) is 5.32 Å². The van der Waals surface area contributed by atoms with Gasteiger partial charge in [0.15, 0.2) is 6.10 Å². The predicted molar refractivity (Wildman–Crippen MR) is 104 cm³/mol. The Balaban J connectivity index is 1.75. The molecule has 1 aliphatic heterocycles. The van der Waals surface area contributed by atoms with E-state index in [1.165, 1.54) is 0 Å². The number of hydrogen-bond donors (Lipinski definition) is 1. The molecule has 144 valence electrons. The summed E-state index contributed by atoms with van der Waals surface area (Å²) in [5, 5.41) is 3.11. The van der Waals surface area contributed by atoms with Crippen molar-refractivity contribution in [1.82, 2.24) is 5.32 Å². The van der Waals surface area contributed by atoms with Crippen LogP contribution in [0.25, 0.3) is 0 Å². The molecule has 0 aliphatic carbocycles. The van der Waals surface area contributed by atoms with Crippen LogP contribution in [0.2, 0.25) is 0 Å². The lowest BCUT2D eigenvalue weighted by Crippen LogP contribution is -2.44. The number of amides is 1. The molecular formula is C22H27NO4. The Morgan fingerprint density at radius 2 is 1.85 bits per heavy atom. The second kappa shape index (κ2) is 7.51. The van der Waals surface area contributed by atoms with Crippen LogP contribution < -0.4 is 19.5 Å². The molecule has 5 heteroatoms. The quantitative estimate of drug-likeness (QED) is 0.859. The van der Waals surface area contributed by atoms with Gasteiger partial charge in [0.1, 0.15) is 22.8 Å². The van der Waals surface area contributed by atoms with Crippen molar-refractivity contribution in [3.63, 3.8) is 0 Å². The molecule has 1 aliphatic rings. The molecule has 5 nitrogen and oxygen atoms in total. The lowest BCUT2D eigenvalue weighted by Gasteiger charge is -2.38. The summed E-state index contributed by atoms with van der Waals surface area (Å²) in [7, 11) is 1.63. The Bertz CT molecular complexity index is 814. The molecular weight excluding hydrogens is 342 g/mol. The molecule has 1 N–H and O–H groups in total. The number of fused-ring (bicyclic) bond motifs is 1. The summed E-state index contributed by atoms with van der Waals surface area (Å²) in [5.41, 5.74) is 1.69. The van der Waals surface area contributed by atoms with Crippen LogP contribution in [0, 0.1) is 6.92 Å². The van der Waals surface area contributed by atoms with Crippen LogP contribution in [0.1, 0.15) is 44.4 Å². The van der Waals surface area contributed by atoms with Crippen molar-refractivity contribution >= 4 is 5.91 Å². The third kappa shape index (κ3) is 4.54. The zero-order valence-electron chi connectivity index (χ0n) is 16.5. The third-order valence-electron chi connectivity index (χ3n) is 4.69. The number of carbonyl (C=O) groups excluding carboxylic acids is 1. The van der Waals surface area contributed by atoms with Gasteiger partial charge < -0.3 is 19.5 Å². The highest BCUT2D eigenvalue weighted by Crippen LogP contribution is 2.41. The molecule has 0 aromatic heterocycles. The first kappa shape index (κ1) is 19.1. The van der Waals surface area contributed by atoms with Crippen molar-refractivity contribution in [3.8, 4) is 17.2 Å². The van der Waals surface area contributed by atoms with Crippen LogP contribution in [0.4, 0.5) is 0 Å². The van der Waals surface area contributed by atoms with Gasteiger partial charge >= 0.3 is 0 Å². The second-order valence-corrected chi connectivity index (χ2v) is 7.60. The van der Waals surface area contributed by atoms with Crippen LogP contribution in [0.15, 0.2) is 42.5 Å². The zero-order valence-corrected chi connectivity index (χ0v) is 16.5. The summed E-state index contributed by atoms with van der Waals surface area (Å²) in [6.45, 7) is 7.81. The Labute approximate surface area is 160 Å². The van der Waals surface area contributed by atoms with Gasteiger partial charge in [-0.2, -0.15) is 0 Å². The molecule has 1 heterocycles. The number of rotatable bonds is 5. The van der Waals surface area contributed by atoms with Crippen LogP contribution in [-0.4, -0.2) is 24.7 Å². The van der Waals surface area contributed by atoms with Gasteiger partial charge in [0, 0.05) is 12.0 Å². The highest BCUT2D eigenvalue weighted by molar-refractivity contribution is 5.81. The lowest BCUT2D eigenvalue weighted by molar-refractivity contribution is -0.128. The van der Waals surface area contributed by atoms with Gasteiger partial charge in [0.25, 0.3) is 5.91 Å². The molecule has 0 bridgehead atoms. The van der Waals surface area contributed by atoms with Crippen molar-refractivity contribution in [2.45, 2.75) is 51.9 Å². The number of aryl methyl sites for hydroxylation is 1. The topological polar surface area (TPSA) is 56.8 Å². The number of nitrogens with one attached hydrogen (secondary N) is 1. The fourth-order valence-corrected chi connectivity index (χ4v) is 3.25. The van der Waals surface area contributed by atoms with Gasteiger partial charge in [-0.1, -0.05) is 17.7 Å². The summed E-state index contributed by atoms with van der Waals surface area (Å²) in [5.74, 6) is 2.02. The smallest absolute Gasteiger partial charge is 0.261 e. The van der Waals surface area contributed by atoms with Crippen molar-refractivity contribution in [3.05, 3.63) is 53.6 Å². The normalized spacial score (nSPS) is 18.6. The molecule has 0 spiro atoms. The van der Waals surface area contributed by atoms with Crippen molar-refractivity contribution < 1.29 is 19.0 Å². The van der Waals surface area contributed by atoms with Gasteiger partial charge in [-0.15, -0.1) is 0 Å². The van der Waals surface area contributed by atoms with E-state index in [0.29, 0.717) is 12.2 Å². The molecule has 2 atom stereocenters. The minimum Gasteiger partial charge on any atom is -0.497 e. The maximum absolute atomic E-state index is 12.7. The summed E-state index contributed by atoms with van der Waals surface area (Å²) in [4.78, 5) is 12.7. The van der Waals surface area contributed by atoms with E-state index in [9.17, 15) is 4.79 Å². The predicted octanol–water partition coefficient (Wildman–Crippen LogP) is 4.19. The highest BCUT2D eigenvalue weighted by Gasteiger charge is 2.35. The van der Waals surface area contributed by atoms with Crippen molar-refractivity contribution in [2.75, 3.05) is 7.11 Å². The SMILES string of the molecule is COc1ccc2c(c1)[C@H](NC(=O)[C@H](C)Oc1ccc(C)cc1)CC(C)(C)O2. The third-order valence-corrected chi connectivity index (χ3v) is 4.69. The Kier molecular flexibility index (Phi) is 5.31. The Morgan fingerprint density at radius 3 is 2.52 bits per heavy atom. The second-order valence-electron chi connectivity index (χ2n) is 7.60. The van der Waals surface area contributed by atoms with Gasteiger partial charge in [0.05, 0.1) is 13.2 Å². The van der Waals surface area contributed by atoms with E-state index in [1.54, 1.807) is 14.0 Å². The Morgan fingerprint density at radius 1 is 1.19 bits per heavy atom. The highest BCUT2D eigenvalue weighted by atomic mass is 16.5. The minimum absolute atomic E-state index is 0.160. The van der Waals surface area contributed by atoms with Gasteiger partial charge in [-0.05, 0) is 58.0 Å².